The van der Waals surface area contributed by atoms with Crippen LogP contribution in [-0.4, -0.2) is 0 Å². The Bertz CT molecular complexity index is 924. The first-order valence-corrected chi connectivity index (χ1v) is 8.42. The number of hydrogen-bond donors (Lipinski definition) is 0. The van der Waals surface area contributed by atoms with Gasteiger partial charge in [-0.05, 0) is 57.4 Å². The standard InChI is InChI=1S/C23H16/c1-3-11-19-15(7-1)16-8-2-4-12-20(16)23(19)21-13-5-9-17(21)18-10-6-14-22(18)23/h1-12H,13-14H2. The molecule has 108 valence electrons. The predicted molar refractivity (Wildman–Crippen MR) is 94.2 cm³/mol. The largest absolute Gasteiger partial charge is 0.0798 e. The predicted octanol–water partition coefficient (Wildman–Crippen LogP) is 5.48. The quantitative estimate of drug-likeness (QED) is 0.603. The van der Waals surface area contributed by atoms with Crippen molar-refractivity contribution in [2.45, 2.75) is 18.3 Å². The molecule has 0 aliphatic heterocycles. The van der Waals surface area contributed by atoms with E-state index >= 15 is 0 Å². The lowest BCUT2D eigenvalue weighted by molar-refractivity contribution is 0.711. The number of rotatable bonds is 0. The molecule has 0 nitrogen and oxygen atoms in total. The highest BCUT2D eigenvalue weighted by Gasteiger charge is 2.53. The van der Waals surface area contributed by atoms with Crippen molar-refractivity contribution >= 4 is 0 Å². The zero-order valence-corrected chi connectivity index (χ0v) is 12.8. The van der Waals surface area contributed by atoms with Crippen LogP contribution < -0.4 is 0 Å². The topological polar surface area (TPSA) is 0 Å². The summed E-state index contributed by atoms with van der Waals surface area (Å²) in [5.74, 6) is 0. The average Bonchev–Trinajstić information content (AvgIpc) is 3.33. The van der Waals surface area contributed by atoms with Gasteiger partial charge in [0.1, 0.15) is 0 Å². The highest BCUT2D eigenvalue weighted by Crippen LogP contribution is 2.64. The molecule has 0 saturated heterocycles. The van der Waals surface area contributed by atoms with Crippen LogP contribution in [0.5, 0.6) is 0 Å². The minimum Gasteiger partial charge on any atom is -0.0798 e. The van der Waals surface area contributed by atoms with Crippen LogP contribution in [0.1, 0.15) is 24.0 Å². The molecule has 0 heterocycles. The van der Waals surface area contributed by atoms with E-state index in [1.165, 1.54) is 33.4 Å². The van der Waals surface area contributed by atoms with Gasteiger partial charge in [-0.25, -0.2) is 0 Å². The Morgan fingerprint density at radius 1 is 0.609 bits per heavy atom. The molecule has 0 unspecified atom stereocenters. The fraction of sp³-hybridized carbons (Fsp3) is 0.130. The number of fused-ring (bicyclic) bond motifs is 8. The van der Waals surface area contributed by atoms with Gasteiger partial charge in [-0.3, -0.25) is 0 Å². The second-order valence-electron chi connectivity index (χ2n) is 6.84. The molecule has 0 atom stereocenters. The molecule has 0 bridgehead atoms. The third-order valence-electron chi connectivity index (χ3n) is 6.01. The summed E-state index contributed by atoms with van der Waals surface area (Å²) in [6, 6.07) is 18.1. The molecule has 0 aromatic heterocycles. The lowest BCUT2D eigenvalue weighted by atomic mass is 9.68. The second kappa shape index (κ2) is 3.83. The van der Waals surface area contributed by atoms with E-state index in [1.807, 2.05) is 0 Å². The van der Waals surface area contributed by atoms with Crippen molar-refractivity contribution in [2.75, 3.05) is 0 Å². The molecule has 4 aliphatic rings. The molecule has 0 saturated carbocycles. The van der Waals surface area contributed by atoms with Crippen LogP contribution in [0.3, 0.4) is 0 Å². The third kappa shape index (κ3) is 1.15. The minimum atomic E-state index is -0.00907. The Kier molecular flexibility index (Phi) is 1.98. The van der Waals surface area contributed by atoms with Crippen molar-refractivity contribution in [1.82, 2.24) is 0 Å². The van der Waals surface area contributed by atoms with Gasteiger partial charge in [0.2, 0.25) is 0 Å². The zero-order chi connectivity index (χ0) is 15.0. The highest BCUT2D eigenvalue weighted by atomic mass is 14.5. The van der Waals surface area contributed by atoms with E-state index in [0.29, 0.717) is 0 Å². The van der Waals surface area contributed by atoms with Crippen LogP contribution in [0.2, 0.25) is 0 Å². The van der Waals surface area contributed by atoms with E-state index < -0.39 is 0 Å². The molecular weight excluding hydrogens is 276 g/mol. The van der Waals surface area contributed by atoms with Gasteiger partial charge in [-0.2, -0.15) is 0 Å². The summed E-state index contributed by atoms with van der Waals surface area (Å²) in [5, 5.41) is 0. The van der Waals surface area contributed by atoms with E-state index in [1.54, 1.807) is 11.1 Å². The summed E-state index contributed by atoms with van der Waals surface area (Å²) in [4.78, 5) is 0. The second-order valence-corrected chi connectivity index (χ2v) is 6.84. The summed E-state index contributed by atoms with van der Waals surface area (Å²) >= 11 is 0. The molecule has 0 amide bonds. The van der Waals surface area contributed by atoms with Gasteiger partial charge in [-0.15, -0.1) is 0 Å². The Morgan fingerprint density at radius 3 is 1.61 bits per heavy atom. The molecule has 4 aliphatic carbocycles. The van der Waals surface area contributed by atoms with E-state index in [0.717, 1.165) is 12.8 Å². The molecule has 0 heteroatoms. The first kappa shape index (κ1) is 11.9. The Hall–Kier alpha value is -2.60. The molecule has 23 heavy (non-hydrogen) atoms. The van der Waals surface area contributed by atoms with Gasteiger partial charge in [0, 0.05) is 0 Å². The van der Waals surface area contributed by atoms with Crippen LogP contribution in [0.15, 0.2) is 95.1 Å². The maximum absolute atomic E-state index is 2.35. The molecule has 0 fully saturated rings. The van der Waals surface area contributed by atoms with Crippen LogP contribution in [0.4, 0.5) is 0 Å². The summed E-state index contributed by atoms with van der Waals surface area (Å²) in [6.45, 7) is 0. The Balaban J connectivity index is 1.81. The highest BCUT2D eigenvalue weighted by molar-refractivity contribution is 5.90. The summed E-state index contributed by atoms with van der Waals surface area (Å²) in [7, 11) is 0. The third-order valence-corrected chi connectivity index (χ3v) is 6.01. The van der Waals surface area contributed by atoms with Crippen molar-refractivity contribution in [3.63, 3.8) is 0 Å². The SMILES string of the molecule is C1=CC2=C(C1)C1(C3=C2C=CC3)c2ccccc2-c2ccccc21. The smallest absolute Gasteiger partial charge is 0.0657 e. The molecule has 1 spiro atoms. The molecule has 0 N–H and O–H groups in total. The fourth-order valence-corrected chi connectivity index (χ4v) is 5.29. The Morgan fingerprint density at radius 2 is 1.09 bits per heavy atom. The van der Waals surface area contributed by atoms with Crippen molar-refractivity contribution < 1.29 is 0 Å². The number of benzene rings is 2. The van der Waals surface area contributed by atoms with E-state index in [9.17, 15) is 0 Å². The average molecular weight is 292 g/mol. The van der Waals surface area contributed by atoms with Crippen LogP contribution in [0, 0.1) is 0 Å². The van der Waals surface area contributed by atoms with Crippen LogP contribution >= 0.6 is 0 Å². The fourth-order valence-electron chi connectivity index (χ4n) is 5.29. The molecular formula is C23H16. The normalized spacial score (nSPS) is 21.2. The van der Waals surface area contributed by atoms with Crippen molar-refractivity contribution in [1.29, 1.82) is 0 Å². The number of allylic oxidation sites excluding steroid dienone is 8. The summed E-state index contributed by atoms with van der Waals surface area (Å²) in [5.41, 5.74) is 12.0. The minimum absolute atomic E-state index is 0.00907. The zero-order valence-electron chi connectivity index (χ0n) is 12.8. The van der Waals surface area contributed by atoms with Crippen molar-refractivity contribution in [3.8, 4) is 11.1 Å². The van der Waals surface area contributed by atoms with Gasteiger partial charge in [0.15, 0.2) is 0 Å². The molecule has 0 radical (unpaired) electrons. The van der Waals surface area contributed by atoms with Crippen LogP contribution in [0.25, 0.3) is 11.1 Å². The van der Waals surface area contributed by atoms with Gasteiger partial charge in [0.25, 0.3) is 0 Å². The maximum Gasteiger partial charge on any atom is 0.0657 e. The molecule has 2 aromatic carbocycles. The van der Waals surface area contributed by atoms with Gasteiger partial charge in [-0.1, -0.05) is 72.8 Å². The first-order valence-electron chi connectivity index (χ1n) is 8.42. The first-order chi connectivity index (χ1) is 11.4. The van der Waals surface area contributed by atoms with Crippen molar-refractivity contribution in [3.05, 3.63) is 106 Å². The van der Waals surface area contributed by atoms with Gasteiger partial charge in [0.05, 0.1) is 5.41 Å². The summed E-state index contributed by atoms with van der Waals surface area (Å²) in [6.07, 6.45) is 11.5. The van der Waals surface area contributed by atoms with Gasteiger partial charge >= 0.3 is 0 Å². The lowest BCUT2D eigenvalue weighted by Crippen LogP contribution is -2.28. The summed E-state index contributed by atoms with van der Waals surface area (Å²) < 4.78 is 0. The molecule has 2 aromatic rings. The van der Waals surface area contributed by atoms with Crippen molar-refractivity contribution in [2.24, 2.45) is 0 Å². The molecule has 6 rings (SSSR count). The van der Waals surface area contributed by atoms with Crippen LogP contribution in [-0.2, 0) is 5.41 Å². The maximum atomic E-state index is 2.35. The van der Waals surface area contributed by atoms with E-state index in [-0.39, 0.29) is 5.41 Å². The monoisotopic (exact) mass is 292 g/mol. The Labute approximate surface area is 136 Å². The lowest BCUT2D eigenvalue weighted by Gasteiger charge is -2.33. The van der Waals surface area contributed by atoms with Gasteiger partial charge < -0.3 is 0 Å². The van der Waals surface area contributed by atoms with E-state index in [2.05, 4.69) is 72.8 Å². The number of hydrogen-bond acceptors (Lipinski definition) is 0. The van der Waals surface area contributed by atoms with E-state index in [4.69, 9.17) is 0 Å².